The molecule has 1 unspecified atom stereocenters. The zero-order valence-electron chi connectivity index (χ0n) is 16.3. The Hall–Kier alpha value is -1.91. The summed E-state index contributed by atoms with van der Waals surface area (Å²) in [5.74, 6) is -0.108. The van der Waals surface area contributed by atoms with Crippen LogP contribution in [-0.4, -0.2) is 60.4 Å². The maximum Gasteiger partial charge on any atom is 0.262 e. The van der Waals surface area contributed by atoms with E-state index in [1.165, 1.54) is 11.8 Å². The number of hydrogen-bond acceptors (Lipinski definition) is 7. The molecule has 0 bridgehead atoms. The molecule has 2 aromatic rings. The van der Waals surface area contributed by atoms with Crippen molar-refractivity contribution < 1.29 is 17.9 Å². The minimum absolute atomic E-state index is 0.0141. The first kappa shape index (κ1) is 21.8. The third-order valence-electron chi connectivity index (χ3n) is 4.63. The van der Waals surface area contributed by atoms with Crippen LogP contribution in [0.1, 0.15) is 19.8 Å². The fourth-order valence-electron chi connectivity index (χ4n) is 3.23. The van der Waals surface area contributed by atoms with Gasteiger partial charge in [0.25, 0.3) is 5.56 Å². The average molecular weight is 440 g/mol. The van der Waals surface area contributed by atoms with Gasteiger partial charge in [-0.3, -0.25) is 14.2 Å². The largest absolute Gasteiger partial charge is 0.382 e. The van der Waals surface area contributed by atoms with Crippen molar-refractivity contribution in [2.75, 3.05) is 30.5 Å². The molecule has 3 rings (SSSR count). The zero-order valence-corrected chi connectivity index (χ0v) is 17.9. The normalized spacial score (nSPS) is 18.2. The molecule has 0 saturated carbocycles. The van der Waals surface area contributed by atoms with E-state index >= 15 is 0 Å². The van der Waals surface area contributed by atoms with E-state index < -0.39 is 9.84 Å². The standard InChI is InChI=1S/C19H25N3O5S2/c1-2-27-10-5-9-22-18(24)15-6-3-4-7-16(15)21-19(22)28-12-17(23)20-14-8-11-29(25,26)13-14/h3-4,6-7,14H,2,5,8-13H2,1H3,(H,20,23). The second-order valence-corrected chi connectivity index (χ2v) is 10.0. The van der Waals surface area contributed by atoms with E-state index in [9.17, 15) is 18.0 Å². The van der Waals surface area contributed by atoms with E-state index in [-0.39, 0.29) is 34.8 Å². The van der Waals surface area contributed by atoms with Crippen LogP contribution in [0.3, 0.4) is 0 Å². The number of nitrogens with zero attached hydrogens (tertiary/aromatic N) is 2. The molecule has 1 fully saturated rings. The number of thioether (sulfide) groups is 1. The van der Waals surface area contributed by atoms with Gasteiger partial charge in [-0.05, 0) is 31.9 Å². The smallest absolute Gasteiger partial charge is 0.262 e. The van der Waals surface area contributed by atoms with E-state index in [0.29, 0.717) is 48.7 Å². The summed E-state index contributed by atoms with van der Waals surface area (Å²) in [6.45, 7) is 3.51. The van der Waals surface area contributed by atoms with Gasteiger partial charge in [0.1, 0.15) is 0 Å². The van der Waals surface area contributed by atoms with Crippen LogP contribution in [-0.2, 0) is 25.9 Å². The number of amides is 1. The third-order valence-corrected chi connectivity index (χ3v) is 7.38. The molecule has 1 aromatic heterocycles. The summed E-state index contributed by atoms with van der Waals surface area (Å²) in [7, 11) is -3.05. The van der Waals surface area contributed by atoms with Crippen LogP contribution in [0.4, 0.5) is 0 Å². The maximum absolute atomic E-state index is 12.9. The fourth-order valence-corrected chi connectivity index (χ4v) is 5.74. The highest BCUT2D eigenvalue weighted by Gasteiger charge is 2.28. The van der Waals surface area contributed by atoms with Gasteiger partial charge in [-0.2, -0.15) is 0 Å². The van der Waals surface area contributed by atoms with Crippen LogP contribution >= 0.6 is 11.8 Å². The molecule has 1 aliphatic rings. The van der Waals surface area contributed by atoms with Crippen molar-refractivity contribution in [3.05, 3.63) is 34.6 Å². The summed E-state index contributed by atoms with van der Waals surface area (Å²) in [5.41, 5.74) is 0.445. The van der Waals surface area contributed by atoms with Crippen LogP contribution in [0.25, 0.3) is 10.9 Å². The molecule has 0 spiro atoms. The second-order valence-electron chi connectivity index (χ2n) is 6.87. The lowest BCUT2D eigenvalue weighted by molar-refractivity contribution is -0.119. The molecule has 0 aliphatic carbocycles. The predicted octanol–water partition coefficient (Wildman–Crippen LogP) is 1.22. The van der Waals surface area contributed by atoms with E-state index in [0.717, 1.165) is 0 Å². The highest BCUT2D eigenvalue weighted by atomic mass is 32.2. The maximum atomic E-state index is 12.9. The molecule has 1 amide bonds. The Labute approximate surface area is 174 Å². The average Bonchev–Trinajstić information content (AvgIpc) is 3.03. The molecule has 158 valence electrons. The topological polar surface area (TPSA) is 107 Å². The number of fused-ring (bicyclic) bond motifs is 1. The van der Waals surface area contributed by atoms with Crippen LogP contribution < -0.4 is 10.9 Å². The van der Waals surface area contributed by atoms with Crippen LogP contribution in [0.2, 0.25) is 0 Å². The summed E-state index contributed by atoms with van der Waals surface area (Å²) in [6, 6.07) is 6.79. The van der Waals surface area contributed by atoms with Gasteiger partial charge < -0.3 is 10.1 Å². The molecule has 1 aliphatic heterocycles. The Balaban J connectivity index is 1.72. The van der Waals surface area contributed by atoms with Crippen molar-refractivity contribution in [1.29, 1.82) is 0 Å². The van der Waals surface area contributed by atoms with Gasteiger partial charge >= 0.3 is 0 Å². The van der Waals surface area contributed by atoms with Crippen LogP contribution in [0.15, 0.2) is 34.2 Å². The van der Waals surface area contributed by atoms with Gasteiger partial charge in [0, 0.05) is 25.8 Å². The number of hydrogen-bond donors (Lipinski definition) is 1. The SMILES string of the molecule is CCOCCCn1c(SCC(=O)NC2CCS(=O)(=O)C2)nc2ccccc2c1=O. The van der Waals surface area contributed by atoms with E-state index in [2.05, 4.69) is 10.3 Å². The number of benzene rings is 1. The Morgan fingerprint density at radius 1 is 1.38 bits per heavy atom. The molecule has 2 heterocycles. The lowest BCUT2D eigenvalue weighted by Crippen LogP contribution is -2.36. The van der Waals surface area contributed by atoms with Gasteiger partial charge in [-0.15, -0.1) is 0 Å². The Bertz CT molecular complexity index is 1040. The number of carbonyl (C=O) groups is 1. The number of carbonyl (C=O) groups excluding carboxylic acids is 1. The third kappa shape index (κ3) is 5.80. The molecular weight excluding hydrogens is 414 g/mol. The number of ether oxygens (including phenoxy) is 1. The minimum Gasteiger partial charge on any atom is -0.382 e. The Kier molecular flexibility index (Phi) is 7.31. The lowest BCUT2D eigenvalue weighted by Gasteiger charge is -2.14. The van der Waals surface area contributed by atoms with Crippen molar-refractivity contribution in [1.82, 2.24) is 14.9 Å². The molecule has 29 heavy (non-hydrogen) atoms. The van der Waals surface area contributed by atoms with Crippen molar-refractivity contribution >= 4 is 38.4 Å². The van der Waals surface area contributed by atoms with Gasteiger partial charge in [-0.25, -0.2) is 13.4 Å². The highest BCUT2D eigenvalue weighted by Crippen LogP contribution is 2.19. The molecule has 10 heteroatoms. The number of para-hydroxylation sites is 1. The number of nitrogens with one attached hydrogen (secondary N) is 1. The Morgan fingerprint density at radius 3 is 2.90 bits per heavy atom. The van der Waals surface area contributed by atoms with E-state index in [1.54, 1.807) is 22.8 Å². The van der Waals surface area contributed by atoms with Crippen molar-refractivity contribution in [3.63, 3.8) is 0 Å². The first-order valence-corrected chi connectivity index (χ1v) is 12.4. The number of sulfone groups is 1. The highest BCUT2D eigenvalue weighted by molar-refractivity contribution is 7.99. The molecule has 1 saturated heterocycles. The zero-order chi connectivity index (χ0) is 20.9. The van der Waals surface area contributed by atoms with Gasteiger partial charge in [0.15, 0.2) is 15.0 Å². The number of rotatable bonds is 9. The predicted molar refractivity (Wildman–Crippen MR) is 113 cm³/mol. The molecule has 0 radical (unpaired) electrons. The quantitative estimate of drug-likeness (QED) is 0.356. The van der Waals surface area contributed by atoms with Crippen molar-refractivity contribution in [3.8, 4) is 0 Å². The van der Waals surface area contributed by atoms with Crippen molar-refractivity contribution in [2.45, 2.75) is 37.5 Å². The molecule has 8 nitrogen and oxygen atoms in total. The van der Waals surface area contributed by atoms with Gasteiger partial charge in [0.2, 0.25) is 5.91 Å². The van der Waals surface area contributed by atoms with Crippen LogP contribution in [0, 0.1) is 0 Å². The van der Waals surface area contributed by atoms with Gasteiger partial charge in [0.05, 0.1) is 28.2 Å². The van der Waals surface area contributed by atoms with Crippen LogP contribution in [0.5, 0.6) is 0 Å². The number of aromatic nitrogens is 2. The molecule has 1 N–H and O–H groups in total. The lowest BCUT2D eigenvalue weighted by atomic mass is 10.2. The fraction of sp³-hybridized carbons (Fsp3) is 0.526. The summed E-state index contributed by atoms with van der Waals surface area (Å²) in [6.07, 6.45) is 1.10. The summed E-state index contributed by atoms with van der Waals surface area (Å²) < 4.78 is 30.0. The summed E-state index contributed by atoms with van der Waals surface area (Å²) in [4.78, 5) is 29.8. The Morgan fingerprint density at radius 2 is 2.17 bits per heavy atom. The first-order chi connectivity index (χ1) is 13.9. The van der Waals surface area contributed by atoms with E-state index in [1.807, 2.05) is 13.0 Å². The minimum atomic E-state index is -3.05. The summed E-state index contributed by atoms with van der Waals surface area (Å²) in [5, 5.41) is 3.77. The first-order valence-electron chi connectivity index (χ1n) is 9.59. The van der Waals surface area contributed by atoms with E-state index in [4.69, 9.17) is 4.74 Å². The molecule has 1 aromatic carbocycles. The molecule has 1 atom stereocenters. The molecular formula is C19H25N3O5S2. The summed E-state index contributed by atoms with van der Waals surface area (Å²) >= 11 is 1.18. The second kappa shape index (κ2) is 9.73. The van der Waals surface area contributed by atoms with Crippen molar-refractivity contribution in [2.24, 2.45) is 0 Å². The monoisotopic (exact) mass is 439 g/mol. The van der Waals surface area contributed by atoms with Gasteiger partial charge in [-0.1, -0.05) is 23.9 Å².